The Hall–Kier alpha value is -2.21. The van der Waals surface area contributed by atoms with Gasteiger partial charge in [-0.3, -0.25) is 4.79 Å². The van der Waals surface area contributed by atoms with E-state index >= 15 is 0 Å². The van der Waals surface area contributed by atoms with Gasteiger partial charge in [-0.25, -0.2) is 12.8 Å². The zero-order valence-electron chi connectivity index (χ0n) is 11.2. The number of carbonyl (C=O) groups is 1. The Balaban J connectivity index is 2.25. The molecule has 110 valence electrons. The molecule has 0 unspecified atom stereocenters. The van der Waals surface area contributed by atoms with Gasteiger partial charge in [-0.2, -0.15) is 0 Å². The zero-order chi connectivity index (χ0) is 15.5. The Morgan fingerprint density at radius 1 is 1.14 bits per heavy atom. The number of halogens is 1. The molecule has 0 aliphatic rings. The number of Topliss-reactive ketones (excluding diaryl/α,β-unsaturated/α-hetero) is 1. The van der Waals surface area contributed by atoms with Crippen LogP contribution in [0.4, 0.5) is 4.39 Å². The minimum absolute atomic E-state index is 0.209. The first-order chi connectivity index (χ1) is 9.92. The molecule has 0 aromatic heterocycles. The molecule has 0 fully saturated rings. The van der Waals surface area contributed by atoms with Crippen LogP contribution < -0.4 is 4.74 Å². The minimum Gasteiger partial charge on any atom is -0.497 e. The lowest BCUT2D eigenvalue weighted by atomic mass is 10.1. The summed E-state index contributed by atoms with van der Waals surface area (Å²) in [6.07, 6.45) is 0. The van der Waals surface area contributed by atoms with E-state index in [1.54, 1.807) is 12.1 Å². The van der Waals surface area contributed by atoms with Gasteiger partial charge in [0.05, 0.1) is 12.0 Å². The number of ether oxygens (including phenoxy) is 1. The highest BCUT2D eigenvalue weighted by molar-refractivity contribution is 7.92. The highest BCUT2D eigenvalue weighted by Gasteiger charge is 2.21. The second-order valence-corrected chi connectivity index (χ2v) is 6.36. The average molecular weight is 308 g/mol. The van der Waals surface area contributed by atoms with Crippen molar-refractivity contribution in [2.45, 2.75) is 4.90 Å². The zero-order valence-corrected chi connectivity index (χ0v) is 12.1. The van der Waals surface area contributed by atoms with Crippen molar-refractivity contribution < 1.29 is 22.3 Å². The molecule has 0 aliphatic carbocycles. The molecule has 0 saturated heterocycles. The highest BCUT2D eigenvalue weighted by atomic mass is 32.2. The van der Waals surface area contributed by atoms with Gasteiger partial charge in [-0.1, -0.05) is 18.2 Å². The monoisotopic (exact) mass is 308 g/mol. The summed E-state index contributed by atoms with van der Waals surface area (Å²) in [6.45, 7) is 0. The first-order valence-corrected chi connectivity index (χ1v) is 7.73. The van der Waals surface area contributed by atoms with Crippen molar-refractivity contribution in [3.8, 4) is 5.75 Å². The smallest absolute Gasteiger partial charge is 0.185 e. The van der Waals surface area contributed by atoms with Crippen molar-refractivity contribution in [1.82, 2.24) is 0 Å². The maximum atomic E-state index is 13.1. The Morgan fingerprint density at radius 2 is 1.86 bits per heavy atom. The van der Waals surface area contributed by atoms with Gasteiger partial charge in [0.25, 0.3) is 0 Å². The van der Waals surface area contributed by atoms with Crippen LogP contribution in [-0.4, -0.2) is 27.1 Å². The molecule has 0 radical (unpaired) electrons. The fraction of sp³-hybridized carbons (Fsp3) is 0.133. The lowest BCUT2D eigenvalue weighted by Crippen LogP contribution is -2.16. The maximum absolute atomic E-state index is 13.1. The molecule has 0 atom stereocenters. The van der Waals surface area contributed by atoms with Crippen LogP contribution in [0.5, 0.6) is 5.75 Å². The second-order valence-electron chi connectivity index (χ2n) is 4.37. The summed E-state index contributed by atoms with van der Waals surface area (Å²) in [5.74, 6) is -1.49. The molecule has 0 bridgehead atoms. The largest absolute Gasteiger partial charge is 0.497 e. The molecule has 0 aliphatic heterocycles. The van der Waals surface area contributed by atoms with Gasteiger partial charge < -0.3 is 4.74 Å². The van der Waals surface area contributed by atoms with Crippen molar-refractivity contribution in [2.24, 2.45) is 0 Å². The van der Waals surface area contributed by atoms with Gasteiger partial charge in [-0.05, 0) is 30.3 Å². The predicted molar refractivity (Wildman–Crippen MR) is 75.8 cm³/mol. The second kappa shape index (κ2) is 6.05. The fourth-order valence-electron chi connectivity index (χ4n) is 1.80. The van der Waals surface area contributed by atoms with Crippen molar-refractivity contribution in [3.05, 3.63) is 59.9 Å². The number of benzene rings is 2. The fourth-order valence-corrected chi connectivity index (χ4v) is 3.05. The Labute approximate surface area is 122 Å². The van der Waals surface area contributed by atoms with Crippen LogP contribution in [0.1, 0.15) is 10.4 Å². The minimum atomic E-state index is -3.88. The summed E-state index contributed by atoms with van der Waals surface area (Å²) in [5, 5.41) is 0. The van der Waals surface area contributed by atoms with E-state index in [4.69, 9.17) is 4.74 Å². The lowest BCUT2D eigenvalue weighted by molar-refractivity contribution is 0.102. The van der Waals surface area contributed by atoms with Gasteiger partial charge in [0.15, 0.2) is 15.6 Å². The van der Waals surface area contributed by atoms with Crippen molar-refractivity contribution in [2.75, 3.05) is 12.9 Å². The molecule has 21 heavy (non-hydrogen) atoms. The van der Waals surface area contributed by atoms with E-state index < -0.39 is 27.2 Å². The Morgan fingerprint density at radius 3 is 2.52 bits per heavy atom. The number of carbonyl (C=O) groups excluding carboxylic acids is 1. The van der Waals surface area contributed by atoms with E-state index in [0.717, 1.165) is 12.1 Å². The summed E-state index contributed by atoms with van der Waals surface area (Å²) in [5.41, 5.74) is 0.231. The number of ketones is 1. The summed E-state index contributed by atoms with van der Waals surface area (Å²) in [6, 6.07) is 10.8. The Kier molecular flexibility index (Phi) is 4.37. The third-order valence-corrected chi connectivity index (χ3v) is 4.48. The molecule has 0 saturated carbocycles. The van der Waals surface area contributed by atoms with Crippen LogP contribution in [0.15, 0.2) is 53.4 Å². The van der Waals surface area contributed by atoms with E-state index in [2.05, 4.69) is 0 Å². The predicted octanol–water partition coefficient (Wildman–Crippen LogP) is 2.49. The third-order valence-electron chi connectivity index (χ3n) is 2.87. The SMILES string of the molecule is COc1cccc(C(=O)CS(=O)(=O)c2cccc(F)c2)c1. The van der Waals surface area contributed by atoms with Gasteiger partial charge in [0.1, 0.15) is 17.3 Å². The number of methoxy groups -OCH3 is 1. The molecule has 0 N–H and O–H groups in total. The summed E-state index contributed by atoms with van der Waals surface area (Å²) in [4.78, 5) is 11.8. The number of rotatable bonds is 5. The first kappa shape index (κ1) is 15.2. The molecule has 2 aromatic carbocycles. The van der Waals surface area contributed by atoms with E-state index in [0.29, 0.717) is 5.75 Å². The quantitative estimate of drug-likeness (QED) is 0.796. The number of hydrogen-bond acceptors (Lipinski definition) is 4. The summed E-state index contributed by atoms with van der Waals surface area (Å²) >= 11 is 0. The highest BCUT2D eigenvalue weighted by Crippen LogP contribution is 2.17. The van der Waals surface area contributed by atoms with Crippen LogP contribution in [0.25, 0.3) is 0 Å². The van der Waals surface area contributed by atoms with Gasteiger partial charge in [0.2, 0.25) is 0 Å². The molecule has 0 amide bonds. The van der Waals surface area contributed by atoms with Crippen LogP contribution in [0.3, 0.4) is 0 Å². The maximum Gasteiger partial charge on any atom is 0.185 e. The average Bonchev–Trinajstić information content (AvgIpc) is 2.47. The van der Waals surface area contributed by atoms with E-state index in [1.165, 1.54) is 31.4 Å². The van der Waals surface area contributed by atoms with Crippen LogP contribution in [-0.2, 0) is 9.84 Å². The topological polar surface area (TPSA) is 60.4 Å². The van der Waals surface area contributed by atoms with Gasteiger partial charge in [-0.15, -0.1) is 0 Å². The molecule has 0 spiro atoms. The summed E-state index contributed by atoms with van der Waals surface area (Å²) in [7, 11) is -2.43. The van der Waals surface area contributed by atoms with Gasteiger partial charge in [0, 0.05) is 5.56 Å². The lowest BCUT2D eigenvalue weighted by Gasteiger charge is -2.06. The van der Waals surface area contributed by atoms with Crippen LogP contribution in [0, 0.1) is 5.82 Å². The van der Waals surface area contributed by atoms with Crippen molar-refractivity contribution >= 4 is 15.6 Å². The molecule has 4 nitrogen and oxygen atoms in total. The summed E-state index contributed by atoms with van der Waals surface area (Å²) < 4.78 is 42.3. The number of hydrogen-bond donors (Lipinski definition) is 0. The number of sulfone groups is 1. The first-order valence-electron chi connectivity index (χ1n) is 6.08. The van der Waals surface area contributed by atoms with Crippen molar-refractivity contribution in [1.29, 1.82) is 0 Å². The van der Waals surface area contributed by atoms with Crippen molar-refractivity contribution in [3.63, 3.8) is 0 Å². The van der Waals surface area contributed by atoms with Gasteiger partial charge >= 0.3 is 0 Å². The standard InChI is InChI=1S/C15H13FO4S/c1-20-13-6-2-4-11(8-13)15(17)10-21(18,19)14-7-3-5-12(16)9-14/h2-9H,10H2,1H3. The molecule has 2 rings (SSSR count). The normalized spacial score (nSPS) is 11.1. The molecule has 6 heteroatoms. The Bertz CT molecular complexity index is 769. The molecular formula is C15H13FO4S. The van der Waals surface area contributed by atoms with E-state index in [9.17, 15) is 17.6 Å². The van der Waals surface area contributed by atoms with E-state index in [1.807, 2.05) is 0 Å². The van der Waals surface area contributed by atoms with Crippen LogP contribution in [0.2, 0.25) is 0 Å². The van der Waals surface area contributed by atoms with Crippen LogP contribution >= 0.6 is 0 Å². The van der Waals surface area contributed by atoms with E-state index in [-0.39, 0.29) is 10.5 Å². The molecule has 0 heterocycles. The molecule has 2 aromatic rings. The molecular weight excluding hydrogens is 295 g/mol. The third kappa shape index (κ3) is 3.66.